The van der Waals surface area contributed by atoms with E-state index >= 15 is 0 Å². The summed E-state index contributed by atoms with van der Waals surface area (Å²) in [6, 6.07) is 1.88. The fourth-order valence-corrected chi connectivity index (χ4v) is 1.98. The maximum absolute atomic E-state index is 6.28. The predicted molar refractivity (Wildman–Crippen MR) is 71.8 cm³/mol. The van der Waals surface area contributed by atoms with Crippen molar-refractivity contribution in [2.75, 3.05) is 24.6 Å². The van der Waals surface area contributed by atoms with E-state index in [1.807, 2.05) is 6.07 Å². The van der Waals surface area contributed by atoms with Gasteiger partial charge in [-0.25, -0.2) is 9.97 Å². The lowest BCUT2D eigenvalue weighted by molar-refractivity contribution is 0.243. The lowest BCUT2D eigenvalue weighted by Gasteiger charge is -2.50. The summed E-state index contributed by atoms with van der Waals surface area (Å²) < 4.78 is 5.50. The quantitative estimate of drug-likeness (QED) is 0.856. The zero-order valence-electron chi connectivity index (χ0n) is 11.4. The topological polar surface area (TPSA) is 64.3 Å². The number of anilines is 1. The van der Waals surface area contributed by atoms with E-state index in [0.717, 1.165) is 25.3 Å². The highest BCUT2D eigenvalue weighted by molar-refractivity contribution is 5.46. The second-order valence-corrected chi connectivity index (χ2v) is 5.31. The largest absolute Gasteiger partial charge is 0.478 e. The van der Waals surface area contributed by atoms with Crippen LogP contribution in [0.4, 0.5) is 5.82 Å². The lowest BCUT2D eigenvalue weighted by Crippen LogP contribution is -2.70. The summed E-state index contributed by atoms with van der Waals surface area (Å²) in [6.45, 7) is 8.76. The number of aromatic nitrogens is 2. The molecule has 1 aromatic heterocycles. The minimum Gasteiger partial charge on any atom is -0.478 e. The third-order valence-electron chi connectivity index (χ3n) is 3.53. The molecule has 18 heavy (non-hydrogen) atoms. The third-order valence-corrected chi connectivity index (χ3v) is 3.53. The maximum atomic E-state index is 6.28. The highest BCUT2D eigenvalue weighted by Crippen LogP contribution is 2.30. The predicted octanol–water partition coefficient (Wildman–Crippen LogP) is 1.44. The molecule has 1 aliphatic heterocycles. The van der Waals surface area contributed by atoms with E-state index in [0.29, 0.717) is 18.4 Å². The van der Waals surface area contributed by atoms with Crippen LogP contribution in [0.15, 0.2) is 12.4 Å². The minimum absolute atomic E-state index is 0.0879. The third kappa shape index (κ3) is 2.56. The van der Waals surface area contributed by atoms with Gasteiger partial charge in [-0.2, -0.15) is 0 Å². The summed E-state index contributed by atoms with van der Waals surface area (Å²) in [5.41, 5.74) is 6.19. The van der Waals surface area contributed by atoms with Gasteiger partial charge in [0.1, 0.15) is 12.1 Å². The number of rotatable bonds is 5. The van der Waals surface area contributed by atoms with Gasteiger partial charge < -0.3 is 15.4 Å². The van der Waals surface area contributed by atoms with Gasteiger partial charge >= 0.3 is 0 Å². The van der Waals surface area contributed by atoms with Crippen molar-refractivity contribution in [3.63, 3.8) is 0 Å². The first-order chi connectivity index (χ1) is 8.55. The molecule has 0 bridgehead atoms. The van der Waals surface area contributed by atoms with Crippen molar-refractivity contribution in [1.82, 2.24) is 9.97 Å². The lowest BCUT2D eigenvalue weighted by atomic mass is 9.80. The van der Waals surface area contributed by atoms with Crippen LogP contribution >= 0.6 is 0 Å². The van der Waals surface area contributed by atoms with Crippen molar-refractivity contribution in [3.05, 3.63) is 12.4 Å². The fraction of sp³-hybridized carbons (Fsp3) is 0.692. The van der Waals surface area contributed by atoms with Crippen LogP contribution in [0.5, 0.6) is 5.88 Å². The monoisotopic (exact) mass is 250 g/mol. The van der Waals surface area contributed by atoms with Gasteiger partial charge in [0.2, 0.25) is 5.88 Å². The van der Waals surface area contributed by atoms with Gasteiger partial charge in [-0.1, -0.05) is 20.8 Å². The molecular formula is C13H22N4O. The van der Waals surface area contributed by atoms with Gasteiger partial charge in [-0.15, -0.1) is 0 Å². The van der Waals surface area contributed by atoms with Crippen LogP contribution in [0, 0.1) is 5.92 Å². The van der Waals surface area contributed by atoms with E-state index in [1.165, 1.54) is 0 Å². The number of nitrogens with two attached hydrogens (primary N) is 1. The molecule has 0 amide bonds. The van der Waals surface area contributed by atoms with Gasteiger partial charge in [0.15, 0.2) is 0 Å². The highest BCUT2D eigenvalue weighted by Gasteiger charge is 2.42. The molecule has 0 radical (unpaired) electrons. The summed E-state index contributed by atoms with van der Waals surface area (Å²) in [4.78, 5) is 10.5. The van der Waals surface area contributed by atoms with E-state index in [1.54, 1.807) is 6.33 Å². The van der Waals surface area contributed by atoms with Gasteiger partial charge in [-0.3, -0.25) is 0 Å². The van der Waals surface area contributed by atoms with Crippen LogP contribution < -0.4 is 15.4 Å². The molecule has 0 aliphatic carbocycles. The summed E-state index contributed by atoms with van der Waals surface area (Å²) in [5, 5.41) is 0. The number of hydrogen-bond donors (Lipinski definition) is 1. The van der Waals surface area contributed by atoms with Gasteiger partial charge in [0.05, 0.1) is 12.1 Å². The van der Waals surface area contributed by atoms with Crippen molar-refractivity contribution >= 4 is 5.82 Å². The maximum Gasteiger partial charge on any atom is 0.218 e. The Hall–Kier alpha value is -1.36. The Balaban J connectivity index is 1.99. The molecule has 1 fully saturated rings. The van der Waals surface area contributed by atoms with Crippen LogP contribution in [0.3, 0.4) is 0 Å². The average Bonchev–Trinajstić information content (AvgIpc) is 2.32. The number of ether oxygens (including phenoxy) is 1. The zero-order chi connectivity index (χ0) is 13.2. The second kappa shape index (κ2) is 5.10. The molecule has 0 unspecified atom stereocenters. The first-order valence-electron chi connectivity index (χ1n) is 6.54. The molecule has 5 heteroatoms. The molecule has 5 nitrogen and oxygen atoms in total. The first kappa shape index (κ1) is 13.1. The Labute approximate surface area is 108 Å². The van der Waals surface area contributed by atoms with Crippen molar-refractivity contribution in [3.8, 4) is 5.88 Å². The Kier molecular flexibility index (Phi) is 3.71. The molecule has 2 rings (SSSR count). The van der Waals surface area contributed by atoms with E-state index in [4.69, 9.17) is 10.5 Å². The van der Waals surface area contributed by atoms with E-state index in [2.05, 4.69) is 35.6 Å². The summed E-state index contributed by atoms with van der Waals surface area (Å²) in [7, 11) is 0. The molecule has 1 saturated heterocycles. The molecule has 100 valence electrons. The van der Waals surface area contributed by atoms with Crippen LogP contribution in [0.1, 0.15) is 27.2 Å². The summed E-state index contributed by atoms with van der Waals surface area (Å²) >= 11 is 0. The van der Waals surface area contributed by atoms with Gasteiger partial charge in [0, 0.05) is 19.2 Å². The van der Waals surface area contributed by atoms with Gasteiger partial charge in [-0.05, 0) is 12.3 Å². The molecule has 2 N–H and O–H groups in total. The standard InChI is InChI=1S/C13H22N4O/c1-4-5-18-12-6-11(15-9-16-12)17-7-13(14,8-17)10(2)3/h6,9-10H,4-5,7-8,14H2,1-3H3. The molecular weight excluding hydrogens is 228 g/mol. The second-order valence-electron chi connectivity index (χ2n) is 5.31. The smallest absolute Gasteiger partial charge is 0.218 e. The van der Waals surface area contributed by atoms with Crippen LogP contribution in [-0.2, 0) is 0 Å². The van der Waals surface area contributed by atoms with Crippen LogP contribution in [0.25, 0.3) is 0 Å². The minimum atomic E-state index is -0.0879. The molecule has 2 heterocycles. The molecule has 0 aromatic carbocycles. The highest BCUT2D eigenvalue weighted by atomic mass is 16.5. The fourth-order valence-electron chi connectivity index (χ4n) is 1.98. The molecule has 1 aromatic rings. The van der Waals surface area contributed by atoms with Gasteiger partial charge in [0.25, 0.3) is 0 Å². The van der Waals surface area contributed by atoms with Crippen molar-refractivity contribution in [2.24, 2.45) is 11.7 Å². The Bertz CT molecular complexity index is 402. The van der Waals surface area contributed by atoms with Crippen LogP contribution in [-0.4, -0.2) is 35.2 Å². The molecule has 1 aliphatic rings. The van der Waals surface area contributed by atoms with Crippen LogP contribution in [0.2, 0.25) is 0 Å². The Morgan fingerprint density at radius 1 is 1.44 bits per heavy atom. The summed E-state index contributed by atoms with van der Waals surface area (Å²) in [5.74, 6) is 2.02. The summed E-state index contributed by atoms with van der Waals surface area (Å²) in [6.07, 6.45) is 2.52. The number of hydrogen-bond acceptors (Lipinski definition) is 5. The van der Waals surface area contributed by atoms with E-state index < -0.39 is 0 Å². The van der Waals surface area contributed by atoms with Crippen molar-refractivity contribution in [2.45, 2.75) is 32.7 Å². The molecule has 0 atom stereocenters. The van der Waals surface area contributed by atoms with E-state index in [9.17, 15) is 0 Å². The number of nitrogens with zero attached hydrogens (tertiary/aromatic N) is 3. The van der Waals surface area contributed by atoms with E-state index in [-0.39, 0.29) is 5.54 Å². The molecule has 0 saturated carbocycles. The van der Waals surface area contributed by atoms with Crippen molar-refractivity contribution < 1.29 is 4.74 Å². The Morgan fingerprint density at radius 2 is 2.17 bits per heavy atom. The SMILES string of the molecule is CCCOc1cc(N2CC(N)(C(C)C)C2)ncn1. The zero-order valence-corrected chi connectivity index (χ0v) is 11.4. The normalized spacial score (nSPS) is 17.7. The average molecular weight is 250 g/mol. The van der Waals surface area contributed by atoms with Crippen molar-refractivity contribution in [1.29, 1.82) is 0 Å². The first-order valence-corrected chi connectivity index (χ1v) is 6.54. The Morgan fingerprint density at radius 3 is 2.78 bits per heavy atom. The molecule has 0 spiro atoms.